The van der Waals surface area contributed by atoms with Crippen molar-refractivity contribution in [2.45, 2.75) is 35.8 Å². The van der Waals surface area contributed by atoms with Gasteiger partial charge >= 0.3 is 0 Å². The fraction of sp³-hybridized carbons (Fsp3) is 0.267. The smallest absolute Gasteiger partial charge is 0.256 e. The van der Waals surface area contributed by atoms with E-state index in [0.29, 0.717) is 15.7 Å². The molecule has 2 heterocycles. The molecule has 1 aromatic carbocycles. The quantitative estimate of drug-likeness (QED) is 0.768. The van der Waals surface area contributed by atoms with Crippen LogP contribution in [0.2, 0.25) is 0 Å². The number of rotatable bonds is 4. The van der Waals surface area contributed by atoms with Gasteiger partial charge < -0.3 is 5.32 Å². The first-order valence-electron chi connectivity index (χ1n) is 7.22. The lowest BCUT2D eigenvalue weighted by Crippen LogP contribution is -2.24. The third-order valence-corrected chi connectivity index (χ3v) is 4.76. The van der Waals surface area contributed by atoms with Crippen molar-refractivity contribution in [2.24, 2.45) is 0 Å². The van der Waals surface area contributed by atoms with E-state index in [1.165, 1.54) is 23.1 Å². The first-order chi connectivity index (χ1) is 11.4. The number of anilines is 1. The summed E-state index contributed by atoms with van der Waals surface area (Å²) in [4.78, 5) is 18.0. The summed E-state index contributed by atoms with van der Waals surface area (Å²) in [6.45, 7) is 6.01. The molecule has 2 aromatic heterocycles. The number of carbonyl (C=O) groups is 1. The number of carbonyl (C=O) groups excluding carboxylic acids is 1. The molecule has 1 amide bonds. The van der Waals surface area contributed by atoms with Gasteiger partial charge in [-0.05, 0) is 49.9 Å². The molecule has 0 atom stereocenters. The maximum Gasteiger partial charge on any atom is 0.256 e. The largest absolute Gasteiger partial charge is 0.312 e. The van der Waals surface area contributed by atoms with Crippen molar-refractivity contribution in [3.63, 3.8) is 0 Å². The predicted molar refractivity (Wildman–Crippen MR) is 93.4 cm³/mol. The molecule has 0 bridgehead atoms. The van der Waals surface area contributed by atoms with Crippen LogP contribution in [0.15, 0.2) is 46.0 Å². The van der Waals surface area contributed by atoms with Gasteiger partial charge in [0, 0.05) is 5.56 Å². The van der Waals surface area contributed by atoms with Gasteiger partial charge in [0.1, 0.15) is 5.00 Å². The zero-order valence-corrected chi connectivity index (χ0v) is 15.1. The lowest BCUT2D eigenvalue weighted by atomic mass is 10.1. The molecule has 0 aliphatic carbocycles. The van der Waals surface area contributed by atoms with E-state index in [1.54, 1.807) is 23.1 Å². The monoisotopic (exact) mass is 360 g/mol. The number of amides is 1. The third-order valence-electron chi connectivity index (χ3n) is 2.93. The number of nitrogens with zero attached hydrogens (tertiary/aromatic N) is 5. The van der Waals surface area contributed by atoms with Crippen molar-refractivity contribution >= 4 is 34.0 Å². The molecule has 0 saturated carbocycles. The van der Waals surface area contributed by atoms with Crippen molar-refractivity contribution in [2.75, 3.05) is 5.32 Å². The molecule has 3 aromatic rings. The van der Waals surface area contributed by atoms with Gasteiger partial charge in [0.2, 0.25) is 5.16 Å². The molecule has 24 heavy (non-hydrogen) atoms. The fourth-order valence-electron chi connectivity index (χ4n) is 1.74. The first-order valence-corrected chi connectivity index (χ1v) is 8.86. The normalized spacial score (nSPS) is 11.5. The van der Waals surface area contributed by atoms with Crippen LogP contribution >= 0.6 is 23.1 Å². The average Bonchev–Trinajstić information content (AvgIpc) is 3.18. The second kappa shape index (κ2) is 6.70. The van der Waals surface area contributed by atoms with E-state index in [0.717, 1.165) is 4.34 Å². The molecule has 7 nitrogen and oxygen atoms in total. The van der Waals surface area contributed by atoms with Crippen molar-refractivity contribution in [3.8, 4) is 0 Å². The second-order valence-electron chi connectivity index (χ2n) is 5.94. The minimum absolute atomic E-state index is 0.160. The number of hydrogen-bond acceptors (Lipinski definition) is 7. The summed E-state index contributed by atoms with van der Waals surface area (Å²) in [7, 11) is 0. The predicted octanol–water partition coefficient (Wildman–Crippen LogP) is 3.29. The van der Waals surface area contributed by atoms with Gasteiger partial charge in [-0.3, -0.25) is 4.79 Å². The molecule has 9 heteroatoms. The summed E-state index contributed by atoms with van der Waals surface area (Å²) in [6, 6.07) is 9.05. The highest BCUT2D eigenvalue weighted by Crippen LogP contribution is 2.31. The minimum Gasteiger partial charge on any atom is -0.312 e. The van der Waals surface area contributed by atoms with Gasteiger partial charge in [-0.15, -0.1) is 10.2 Å². The van der Waals surface area contributed by atoms with E-state index in [-0.39, 0.29) is 11.4 Å². The highest BCUT2D eigenvalue weighted by Gasteiger charge is 2.18. The Hall–Kier alpha value is -2.26. The van der Waals surface area contributed by atoms with Gasteiger partial charge in [-0.1, -0.05) is 29.5 Å². The Balaban J connectivity index is 1.65. The molecule has 0 fully saturated rings. The molecular weight excluding hydrogens is 344 g/mol. The number of tetrazole rings is 1. The molecule has 0 unspecified atom stereocenters. The highest BCUT2D eigenvalue weighted by molar-refractivity contribution is 8.00. The minimum atomic E-state index is -0.219. The van der Waals surface area contributed by atoms with Crippen molar-refractivity contribution in [3.05, 3.63) is 42.1 Å². The summed E-state index contributed by atoms with van der Waals surface area (Å²) >= 11 is 2.69. The Morgan fingerprint density at radius 1 is 1.25 bits per heavy atom. The zero-order chi connectivity index (χ0) is 17.2. The highest BCUT2D eigenvalue weighted by atomic mass is 32.2. The van der Waals surface area contributed by atoms with Gasteiger partial charge in [0.25, 0.3) is 5.91 Å². The van der Waals surface area contributed by atoms with E-state index < -0.39 is 0 Å². The Bertz CT molecular complexity index is 837. The Morgan fingerprint density at radius 2 is 2.00 bits per heavy atom. The van der Waals surface area contributed by atoms with Crippen LogP contribution in [0, 0.1) is 0 Å². The van der Waals surface area contributed by atoms with Crippen LogP contribution < -0.4 is 5.32 Å². The van der Waals surface area contributed by atoms with Crippen molar-refractivity contribution < 1.29 is 4.79 Å². The Morgan fingerprint density at radius 3 is 2.67 bits per heavy atom. The summed E-state index contributed by atoms with van der Waals surface area (Å²) in [6.07, 6.45) is 1.63. The van der Waals surface area contributed by atoms with E-state index in [2.05, 4.69) is 25.7 Å². The number of benzene rings is 1. The van der Waals surface area contributed by atoms with E-state index >= 15 is 0 Å². The zero-order valence-electron chi connectivity index (χ0n) is 13.4. The van der Waals surface area contributed by atoms with Crippen LogP contribution in [0.25, 0.3) is 0 Å². The number of thiazole rings is 1. The maximum absolute atomic E-state index is 12.1. The van der Waals surface area contributed by atoms with Gasteiger partial charge in [-0.25, -0.2) is 4.98 Å². The van der Waals surface area contributed by atoms with Gasteiger partial charge in [0.05, 0.1) is 11.7 Å². The molecule has 1 N–H and O–H groups in total. The molecule has 3 rings (SSSR count). The van der Waals surface area contributed by atoms with E-state index in [4.69, 9.17) is 0 Å². The standard InChI is InChI=1S/C15H16N6OS2/c1-15(2,3)21-19-13(18-20-21)24-14-16-9-11(23-14)17-12(22)10-7-5-4-6-8-10/h4-9H,1-3H3,(H,17,22). The van der Waals surface area contributed by atoms with Crippen LogP contribution in [-0.2, 0) is 5.54 Å². The van der Waals surface area contributed by atoms with Crippen LogP contribution in [0.5, 0.6) is 0 Å². The van der Waals surface area contributed by atoms with E-state index in [9.17, 15) is 4.79 Å². The fourth-order valence-corrected chi connectivity index (χ4v) is 3.40. The topological polar surface area (TPSA) is 85.6 Å². The number of aromatic nitrogens is 5. The van der Waals surface area contributed by atoms with Crippen molar-refractivity contribution in [1.82, 2.24) is 25.2 Å². The summed E-state index contributed by atoms with van der Waals surface area (Å²) in [5.74, 6) is -0.160. The summed E-state index contributed by atoms with van der Waals surface area (Å²) in [5, 5.41) is 16.4. The molecule has 124 valence electrons. The van der Waals surface area contributed by atoms with Crippen molar-refractivity contribution in [1.29, 1.82) is 0 Å². The lowest BCUT2D eigenvalue weighted by molar-refractivity contribution is 0.102. The molecule has 0 aliphatic rings. The molecule has 0 saturated heterocycles. The molecule has 0 radical (unpaired) electrons. The Kier molecular flexibility index (Phi) is 4.63. The van der Waals surface area contributed by atoms with Gasteiger partial charge in [0.15, 0.2) is 4.34 Å². The second-order valence-corrected chi connectivity index (χ2v) is 8.19. The molecule has 0 spiro atoms. The van der Waals surface area contributed by atoms with Crippen LogP contribution in [0.1, 0.15) is 31.1 Å². The maximum atomic E-state index is 12.1. The summed E-state index contributed by atoms with van der Waals surface area (Å²) in [5.41, 5.74) is 0.388. The average molecular weight is 360 g/mol. The van der Waals surface area contributed by atoms with E-state index in [1.807, 2.05) is 39.0 Å². The molecule has 0 aliphatic heterocycles. The molecular formula is C15H16N6OS2. The third kappa shape index (κ3) is 3.98. The lowest BCUT2D eigenvalue weighted by Gasteiger charge is -2.15. The first kappa shape index (κ1) is 16.6. The summed E-state index contributed by atoms with van der Waals surface area (Å²) < 4.78 is 0.742. The van der Waals surface area contributed by atoms with Gasteiger partial charge in [-0.2, -0.15) is 4.80 Å². The number of hydrogen-bond donors (Lipinski definition) is 1. The van der Waals surface area contributed by atoms with Crippen LogP contribution in [0.3, 0.4) is 0 Å². The van der Waals surface area contributed by atoms with Crippen LogP contribution in [-0.4, -0.2) is 31.1 Å². The Labute approximate surface area is 147 Å². The van der Waals surface area contributed by atoms with Crippen LogP contribution in [0.4, 0.5) is 5.00 Å². The SMILES string of the molecule is CC(C)(C)n1nnc(Sc2ncc(NC(=O)c3ccccc3)s2)n1. The number of nitrogens with one attached hydrogen (secondary N) is 1.